The highest BCUT2D eigenvalue weighted by atomic mass is 16.7. The van der Waals surface area contributed by atoms with E-state index in [2.05, 4.69) is 0 Å². The van der Waals surface area contributed by atoms with Crippen molar-refractivity contribution >= 4 is 5.97 Å². The molecule has 1 N–H and O–H groups in total. The molecule has 1 rings (SSSR count). The van der Waals surface area contributed by atoms with Gasteiger partial charge in [0, 0.05) is 13.8 Å². The molecular weight excluding hydrogens is 160 g/mol. The second-order valence-electron chi connectivity index (χ2n) is 3.20. The largest absolute Gasteiger partial charge is 0.481 e. The molecular formula is C8H12O4. The van der Waals surface area contributed by atoms with E-state index in [0.29, 0.717) is 5.76 Å². The molecule has 1 heterocycles. The van der Waals surface area contributed by atoms with Crippen LogP contribution in [-0.4, -0.2) is 16.9 Å². The predicted molar refractivity (Wildman–Crippen MR) is 41.1 cm³/mol. The summed E-state index contributed by atoms with van der Waals surface area (Å²) in [6, 6.07) is 0. The standard InChI is InChI=1S/C8H12O4/c1-5(7(9)10)6-4-11-8(2,3)12-6/h4-5H,1-3H3,(H,9,10). The lowest BCUT2D eigenvalue weighted by Gasteiger charge is -2.19. The Bertz CT molecular complexity index is 229. The first-order valence-corrected chi connectivity index (χ1v) is 3.72. The van der Waals surface area contributed by atoms with Crippen molar-refractivity contribution < 1.29 is 19.4 Å². The van der Waals surface area contributed by atoms with Crippen molar-refractivity contribution in [3.63, 3.8) is 0 Å². The minimum atomic E-state index is -0.914. The van der Waals surface area contributed by atoms with Crippen LogP contribution in [0.2, 0.25) is 0 Å². The van der Waals surface area contributed by atoms with Crippen molar-refractivity contribution in [2.75, 3.05) is 0 Å². The van der Waals surface area contributed by atoms with Gasteiger partial charge in [-0.1, -0.05) is 0 Å². The normalized spacial score (nSPS) is 22.1. The van der Waals surface area contributed by atoms with Crippen molar-refractivity contribution in [1.82, 2.24) is 0 Å². The van der Waals surface area contributed by atoms with Crippen molar-refractivity contribution in [3.8, 4) is 0 Å². The van der Waals surface area contributed by atoms with E-state index in [4.69, 9.17) is 14.6 Å². The van der Waals surface area contributed by atoms with Gasteiger partial charge in [-0.2, -0.15) is 0 Å². The third-order valence-corrected chi connectivity index (χ3v) is 1.62. The molecule has 4 nitrogen and oxygen atoms in total. The summed E-state index contributed by atoms with van der Waals surface area (Å²) in [5.74, 6) is -1.92. The molecule has 0 fully saturated rings. The third kappa shape index (κ3) is 1.69. The summed E-state index contributed by atoms with van der Waals surface area (Å²) in [6.45, 7) is 5.01. The van der Waals surface area contributed by atoms with Crippen LogP contribution in [0.15, 0.2) is 12.0 Å². The monoisotopic (exact) mass is 172 g/mol. The highest BCUT2D eigenvalue weighted by Gasteiger charge is 2.32. The Labute approximate surface area is 70.8 Å². The second kappa shape index (κ2) is 2.69. The molecule has 0 spiro atoms. The summed E-state index contributed by atoms with van der Waals surface area (Å²) in [5.41, 5.74) is 0. The van der Waals surface area contributed by atoms with E-state index in [0.717, 1.165) is 0 Å². The second-order valence-corrected chi connectivity index (χ2v) is 3.20. The zero-order valence-corrected chi connectivity index (χ0v) is 7.33. The highest BCUT2D eigenvalue weighted by Crippen LogP contribution is 2.28. The van der Waals surface area contributed by atoms with E-state index in [1.165, 1.54) is 6.26 Å². The average Bonchev–Trinajstić information content (AvgIpc) is 2.28. The number of carboxylic acid groups (broad SMARTS) is 1. The number of aliphatic carboxylic acids is 1. The van der Waals surface area contributed by atoms with Gasteiger partial charge in [0.1, 0.15) is 17.9 Å². The lowest BCUT2D eigenvalue weighted by molar-refractivity contribution is -0.145. The van der Waals surface area contributed by atoms with Gasteiger partial charge in [0.05, 0.1) is 0 Å². The smallest absolute Gasteiger partial charge is 0.314 e. The first-order valence-electron chi connectivity index (χ1n) is 3.72. The Kier molecular flexibility index (Phi) is 2.00. The molecule has 4 heteroatoms. The van der Waals surface area contributed by atoms with Crippen LogP contribution in [0.5, 0.6) is 0 Å². The lowest BCUT2D eigenvalue weighted by Crippen LogP contribution is -2.22. The van der Waals surface area contributed by atoms with Gasteiger partial charge in [-0.15, -0.1) is 0 Å². The molecule has 0 saturated carbocycles. The van der Waals surface area contributed by atoms with E-state index in [-0.39, 0.29) is 0 Å². The van der Waals surface area contributed by atoms with Gasteiger partial charge < -0.3 is 14.6 Å². The molecule has 12 heavy (non-hydrogen) atoms. The molecule has 0 radical (unpaired) electrons. The van der Waals surface area contributed by atoms with Crippen molar-refractivity contribution in [2.24, 2.45) is 5.92 Å². The van der Waals surface area contributed by atoms with Crippen LogP contribution in [0.1, 0.15) is 20.8 Å². The average molecular weight is 172 g/mol. The zero-order chi connectivity index (χ0) is 9.35. The molecule has 0 aliphatic carbocycles. The van der Waals surface area contributed by atoms with Gasteiger partial charge in [0.15, 0.2) is 0 Å². The summed E-state index contributed by atoms with van der Waals surface area (Å²) in [6.07, 6.45) is 1.36. The Balaban J connectivity index is 2.63. The number of rotatable bonds is 2. The van der Waals surface area contributed by atoms with Crippen molar-refractivity contribution in [1.29, 1.82) is 0 Å². The SMILES string of the molecule is CC(C(=O)O)C1=COC(C)(C)O1. The third-order valence-electron chi connectivity index (χ3n) is 1.62. The molecule has 1 unspecified atom stereocenters. The van der Waals surface area contributed by atoms with E-state index >= 15 is 0 Å². The number of ether oxygens (including phenoxy) is 2. The highest BCUT2D eigenvalue weighted by molar-refractivity contribution is 5.72. The Morgan fingerprint density at radius 1 is 1.67 bits per heavy atom. The van der Waals surface area contributed by atoms with Gasteiger partial charge in [0.2, 0.25) is 5.79 Å². The lowest BCUT2D eigenvalue weighted by atomic mass is 10.1. The van der Waals surface area contributed by atoms with Crippen LogP contribution in [0, 0.1) is 5.92 Å². The fourth-order valence-electron chi connectivity index (χ4n) is 0.844. The number of carboxylic acids is 1. The van der Waals surface area contributed by atoms with Crippen LogP contribution < -0.4 is 0 Å². The minimum absolute atomic E-state index is 0.368. The predicted octanol–water partition coefficient (Wildman–Crippen LogP) is 1.33. The maximum absolute atomic E-state index is 10.5. The summed E-state index contributed by atoms with van der Waals surface area (Å²) in [5, 5.41) is 8.64. The molecule has 1 aliphatic heterocycles. The maximum atomic E-state index is 10.5. The molecule has 0 aromatic carbocycles. The van der Waals surface area contributed by atoms with Gasteiger partial charge in [-0.25, -0.2) is 0 Å². The van der Waals surface area contributed by atoms with Crippen molar-refractivity contribution in [3.05, 3.63) is 12.0 Å². The van der Waals surface area contributed by atoms with Gasteiger partial charge in [0.25, 0.3) is 0 Å². The number of carbonyl (C=O) groups is 1. The summed E-state index contributed by atoms with van der Waals surface area (Å²) in [4.78, 5) is 10.5. The molecule has 0 aromatic heterocycles. The number of hydrogen-bond donors (Lipinski definition) is 1. The summed E-state index contributed by atoms with van der Waals surface area (Å²) in [7, 11) is 0. The molecule has 68 valence electrons. The Morgan fingerprint density at radius 3 is 2.58 bits per heavy atom. The topological polar surface area (TPSA) is 55.8 Å². The quantitative estimate of drug-likeness (QED) is 0.682. The molecule has 0 amide bonds. The Hall–Kier alpha value is -1.19. The molecule has 0 bridgehead atoms. The minimum Gasteiger partial charge on any atom is -0.481 e. The van der Waals surface area contributed by atoms with E-state index in [9.17, 15) is 4.79 Å². The molecule has 1 atom stereocenters. The fraction of sp³-hybridized carbons (Fsp3) is 0.625. The fourth-order valence-corrected chi connectivity index (χ4v) is 0.844. The van der Waals surface area contributed by atoms with Crippen LogP contribution >= 0.6 is 0 Å². The maximum Gasteiger partial charge on any atom is 0.314 e. The van der Waals surface area contributed by atoms with E-state index in [1.807, 2.05) is 0 Å². The first kappa shape index (κ1) is 8.90. The molecule has 1 aliphatic rings. The van der Waals surface area contributed by atoms with E-state index in [1.54, 1.807) is 20.8 Å². The van der Waals surface area contributed by atoms with Gasteiger partial charge in [-0.05, 0) is 6.92 Å². The zero-order valence-electron chi connectivity index (χ0n) is 7.33. The van der Waals surface area contributed by atoms with Crippen LogP contribution in [0.25, 0.3) is 0 Å². The van der Waals surface area contributed by atoms with Crippen LogP contribution in [-0.2, 0) is 14.3 Å². The molecule has 0 aromatic rings. The summed E-state index contributed by atoms with van der Waals surface area (Å²) < 4.78 is 10.3. The Morgan fingerprint density at radius 2 is 2.25 bits per heavy atom. The molecule has 0 saturated heterocycles. The van der Waals surface area contributed by atoms with Gasteiger partial charge >= 0.3 is 5.97 Å². The first-order chi connectivity index (χ1) is 5.42. The van der Waals surface area contributed by atoms with E-state index < -0.39 is 17.7 Å². The van der Waals surface area contributed by atoms with Crippen LogP contribution in [0.4, 0.5) is 0 Å². The van der Waals surface area contributed by atoms with Gasteiger partial charge in [-0.3, -0.25) is 4.79 Å². The summed E-state index contributed by atoms with van der Waals surface area (Å²) >= 11 is 0. The number of hydrogen-bond acceptors (Lipinski definition) is 3. The van der Waals surface area contributed by atoms with Crippen LogP contribution in [0.3, 0.4) is 0 Å². The van der Waals surface area contributed by atoms with Crippen molar-refractivity contribution in [2.45, 2.75) is 26.6 Å².